The van der Waals surface area contributed by atoms with Crippen molar-refractivity contribution in [3.05, 3.63) is 61.2 Å². The van der Waals surface area contributed by atoms with Crippen molar-refractivity contribution in [2.24, 2.45) is 7.05 Å². The third kappa shape index (κ3) is 5.70. The normalized spacial score (nSPS) is 8.07. The molecule has 0 N–H and O–H groups in total. The Morgan fingerprint density at radius 1 is 1.27 bits per heavy atom. The molecule has 0 saturated carbocycles. The van der Waals surface area contributed by atoms with E-state index in [-0.39, 0.29) is 12.4 Å². The summed E-state index contributed by atoms with van der Waals surface area (Å²) in [5.41, 5.74) is 1.17. The molecule has 1 aromatic heterocycles. The Morgan fingerprint density at radius 2 is 1.93 bits per heavy atom. The van der Waals surface area contributed by atoms with Crippen LogP contribution >= 0.6 is 12.4 Å². The first-order chi connectivity index (χ1) is 6.83. The number of aromatic nitrogens is 2. The Labute approximate surface area is 96.7 Å². The van der Waals surface area contributed by atoms with Gasteiger partial charge in [0.2, 0.25) is 0 Å². The van der Waals surface area contributed by atoms with Gasteiger partial charge in [0, 0.05) is 19.4 Å². The summed E-state index contributed by atoms with van der Waals surface area (Å²) in [5, 5.41) is 0. The van der Waals surface area contributed by atoms with E-state index < -0.39 is 0 Å². The van der Waals surface area contributed by atoms with Crippen LogP contribution in [0.5, 0.6) is 0 Å². The summed E-state index contributed by atoms with van der Waals surface area (Å²) in [5.74, 6) is 0. The lowest BCUT2D eigenvalue weighted by Gasteiger charge is -1.85. The van der Waals surface area contributed by atoms with Gasteiger partial charge in [-0.1, -0.05) is 43.0 Å². The number of nitrogens with zero attached hydrogens (tertiary/aromatic N) is 2. The number of halogens is 1. The molecule has 0 amide bonds. The lowest BCUT2D eigenvalue weighted by Crippen LogP contribution is -1.76. The Kier molecular flexibility index (Phi) is 7.02. The molecule has 0 unspecified atom stereocenters. The van der Waals surface area contributed by atoms with E-state index in [0.717, 1.165) is 0 Å². The van der Waals surface area contributed by atoms with Gasteiger partial charge in [-0.25, -0.2) is 4.98 Å². The van der Waals surface area contributed by atoms with Gasteiger partial charge in [0.1, 0.15) is 0 Å². The molecule has 0 bridgehead atoms. The van der Waals surface area contributed by atoms with Crippen molar-refractivity contribution in [1.29, 1.82) is 0 Å². The van der Waals surface area contributed by atoms with Gasteiger partial charge in [0.25, 0.3) is 0 Å². The predicted octanol–water partition coefficient (Wildman–Crippen LogP) is 3.17. The van der Waals surface area contributed by atoms with E-state index in [1.54, 1.807) is 12.5 Å². The third-order valence-electron chi connectivity index (χ3n) is 1.67. The molecule has 0 aliphatic heterocycles. The average Bonchev–Trinajstić information content (AvgIpc) is 2.71. The van der Waals surface area contributed by atoms with Gasteiger partial charge in [0.15, 0.2) is 0 Å². The molecule has 0 radical (unpaired) electrons. The highest BCUT2D eigenvalue weighted by Crippen LogP contribution is 1.97. The molecule has 0 aliphatic rings. The lowest BCUT2D eigenvalue weighted by atomic mass is 10.2. The fraction of sp³-hybridized carbons (Fsp3) is 0.0833. The van der Waals surface area contributed by atoms with Gasteiger partial charge in [-0.3, -0.25) is 0 Å². The first-order valence-electron chi connectivity index (χ1n) is 4.42. The molecule has 0 fully saturated rings. The molecule has 1 aromatic carbocycles. The van der Waals surface area contributed by atoms with Crippen LogP contribution in [0.4, 0.5) is 0 Å². The summed E-state index contributed by atoms with van der Waals surface area (Å²) < 4.78 is 1.89. The molecular weight excluding hydrogens is 208 g/mol. The van der Waals surface area contributed by atoms with Gasteiger partial charge < -0.3 is 4.57 Å². The number of imidazole rings is 1. The summed E-state index contributed by atoms with van der Waals surface area (Å²) in [4.78, 5) is 3.78. The smallest absolute Gasteiger partial charge is 0.0943 e. The monoisotopic (exact) mass is 222 g/mol. The Bertz CT molecular complexity index is 354. The summed E-state index contributed by atoms with van der Waals surface area (Å²) >= 11 is 0. The van der Waals surface area contributed by atoms with Gasteiger partial charge in [0.05, 0.1) is 6.33 Å². The van der Waals surface area contributed by atoms with Crippen molar-refractivity contribution in [3.8, 4) is 0 Å². The average molecular weight is 223 g/mol. The molecule has 2 rings (SSSR count). The Morgan fingerprint density at radius 3 is 2.20 bits per heavy atom. The molecule has 1 heterocycles. The zero-order chi connectivity index (χ0) is 10.2. The number of hydrogen-bond donors (Lipinski definition) is 0. The standard InChI is InChI=1S/C8H8.C4H6N2.ClH/c1-2-8-6-4-3-5-7-8;1-6-3-2-5-4-6;/h2-7H,1H2;2-4H,1H3;1H. The maximum Gasteiger partial charge on any atom is 0.0943 e. The van der Waals surface area contributed by atoms with Gasteiger partial charge in [-0.2, -0.15) is 0 Å². The molecule has 0 spiro atoms. The highest BCUT2D eigenvalue weighted by Gasteiger charge is 1.75. The maximum atomic E-state index is 3.78. The number of hydrogen-bond acceptors (Lipinski definition) is 1. The molecular formula is C12H15ClN2. The Hall–Kier alpha value is -1.54. The topological polar surface area (TPSA) is 17.8 Å². The maximum absolute atomic E-state index is 3.78. The highest BCUT2D eigenvalue weighted by atomic mass is 35.5. The lowest BCUT2D eigenvalue weighted by molar-refractivity contribution is 0.913. The first-order valence-corrected chi connectivity index (χ1v) is 4.42. The summed E-state index contributed by atoms with van der Waals surface area (Å²) in [6.45, 7) is 3.63. The number of rotatable bonds is 1. The van der Waals surface area contributed by atoms with E-state index in [2.05, 4.69) is 11.6 Å². The van der Waals surface area contributed by atoms with Crippen molar-refractivity contribution >= 4 is 18.5 Å². The molecule has 2 nitrogen and oxygen atoms in total. The predicted molar refractivity (Wildman–Crippen MR) is 67.0 cm³/mol. The number of aryl methyl sites for hydroxylation is 1. The van der Waals surface area contributed by atoms with Crippen molar-refractivity contribution in [2.45, 2.75) is 0 Å². The van der Waals surface area contributed by atoms with Crippen molar-refractivity contribution < 1.29 is 0 Å². The van der Waals surface area contributed by atoms with E-state index in [1.807, 2.05) is 54.2 Å². The van der Waals surface area contributed by atoms with Crippen LogP contribution in [-0.4, -0.2) is 9.55 Å². The molecule has 0 atom stereocenters. The summed E-state index contributed by atoms with van der Waals surface area (Å²) in [6, 6.07) is 10.0. The largest absolute Gasteiger partial charge is 0.341 e. The second-order valence-corrected chi connectivity index (χ2v) is 2.84. The second kappa shape index (κ2) is 7.83. The first kappa shape index (κ1) is 13.5. The van der Waals surface area contributed by atoms with E-state index in [1.165, 1.54) is 5.56 Å². The van der Waals surface area contributed by atoms with Crippen molar-refractivity contribution in [2.75, 3.05) is 0 Å². The molecule has 15 heavy (non-hydrogen) atoms. The fourth-order valence-electron chi connectivity index (χ4n) is 0.915. The highest BCUT2D eigenvalue weighted by molar-refractivity contribution is 5.85. The van der Waals surface area contributed by atoms with Crippen LogP contribution in [0, 0.1) is 0 Å². The minimum absolute atomic E-state index is 0. The zero-order valence-electron chi connectivity index (χ0n) is 8.71. The fourth-order valence-corrected chi connectivity index (χ4v) is 0.915. The van der Waals surface area contributed by atoms with E-state index in [0.29, 0.717) is 0 Å². The number of benzene rings is 1. The van der Waals surface area contributed by atoms with Gasteiger partial charge in [-0.05, 0) is 5.56 Å². The van der Waals surface area contributed by atoms with Crippen molar-refractivity contribution in [1.82, 2.24) is 9.55 Å². The van der Waals surface area contributed by atoms with Crippen LogP contribution in [-0.2, 0) is 7.05 Å². The van der Waals surface area contributed by atoms with Crippen LogP contribution < -0.4 is 0 Å². The van der Waals surface area contributed by atoms with Gasteiger partial charge in [-0.15, -0.1) is 12.4 Å². The molecule has 3 heteroatoms. The molecule has 2 aromatic rings. The minimum Gasteiger partial charge on any atom is -0.341 e. The second-order valence-electron chi connectivity index (χ2n) is 2.84. The summed E-state index contributed by atoms with van der Waals surface area (Å²) in [7, 11) is 1.94. The van der Waals surface area contributed by atoms with E-state index in [9.17, 15) is 0 Å². The van der Waals surface area contributed by atoms with Crippen LogP contribution in [0.1, 0.15) is 5.56 Å². The van der Waals surface area contributed by atoms with E-state index in [4.69, 9.17) is 0 Å². The van der Waals surface area contributed by atoms with Gasteiger partial charge >= 0.3 is 0 Å². The van der Waals surface area contributed by atoms with Crippen LogP contribution in [0.3, 0.4) is 0 Å². The molecule has 80 valence electrons. The molecule has 0 saturated heterocycles. The van der Waals surface area contributed by atoms with E-state index >= 15 is 0 Å². The third-order valence-corrected chi connectivity index (χ3v) is 1.67. The van der Waals surface area contributed by atoms with Crippen LogP contribution in [0.25, 0.3) is 6.08 Å². The van der Waals surface area contributed by atoms with Crippen LogP contribution in [0.2, 0.25) is 0 Å². The quantitative estimate of drug-likeness (QED) is 0.725. The summed E-state index contributed by atoms with van der Waals surface area (Å²) in [6.07, 6.45) is 7.22. The Balaban J connectivity index is 0.000000253. The zero-order valence-corrected chi connectivity index (χ0v) is 9.52. The molecule has 0 aliphatic carbocycles. The van der Waals surface area contributed by atoms with Crippen LogP contribution in [0.15, 0.2) is 55.6 Å². The minimum atomic E-state index is 0. The SMILES string of the molecule is C=Cc1ccccc1.Cl.Cn1ccnc1. The van der Waals surface area contributed by atoms with Crippen molar-refractivity contribution in [3.63, 3.8) is 0 Å².